The Morgan fingerprint density at radius 2 is 0.550 bits per heavy atom. The number of ether oxygens (including phenoxy) is 12. The van der Waals surface area contributed by atoms with Crippen molar-refractivity contribution in [3.05, 3.63) is 179 Å². The Morgan fingerprint density at radius 1 is 0.275 bits per heavy atom. The van der Waals surface area contributed by atoms with E-state index >= 15 is 0 Å². The maximum absolute atomic E-state index is 12.7. The highest BCUT2D eigenvalue weighted by atomic mass is 16.8. The van der Waals surface area contributed by atoms with Crippen molar-refractivity contribution >= 4 is 0 Å². The van der Waals surface area contributed by atoms with Crippen molar-refractivity contribution in [2.24, 2.45) is 0 Å². The molecule has 4 aliphatic rings. The summed E-state index contributed by atoms with van der Waals surface area (Å²) in [4.78, 5) is 0. The van der Waals surface area contributed by atoms with E-state index in [0.717, 1.165) is 22.3 Å². The SMILES string of the molecule is OC[C@H]1O[C@@H](OC[C@H]2O[C@@H](O[C@H]3[C@H](OCc4ccccc4)[C@@H](CO)OC(OCc4ccccc4)[C@@H]3O)[C@H](O)[C@@H](O[C@@H]3O[C@H](CO)[C@@H](OCc4ccccc4)[C@H](O)[C@H]3O)[C@@H]2OCc2ccccc2)[C@H](O)[C@@H](O)[C@@H]1OCc1ccccc1. The molecule has 0 aromatic heterocycles. The maximum atomic E-state index is 12.7. The zero-order chi connectivity index (χ0) is 56.0. The average molecular weight is 1120 g/mol. The van der Waals surface area contributed by atoms with Crippen molar-refractivity contribution in [1.29, 1.82) is 0 Å². The van der Waals surface area contributed by atoms with E-state index in [9.17, 15) is 46.0 Å². The first-order chi connectivity index (χ1) is 39.0. The Balaban J connectivity index is 1.03. The van der Waals surface area contributed by atoms with Gasteiger partial charge in [0.1, 0.15) is 97.7 Å². The first-order valence-corrected chi connectivity index (χ1v) is 26.8. The second-order valence-corrected chi connectivity index (χ2v) is 20.0. The summed E-state index contributed by atoms with van der Waals surface area (Å²) >= 11 is 0. The molecule has 5 aromatic carbocycles. The molecule has 9 N–H and O–H groups in total. The van der Waals surface area contributed by atoms with Gasteiger partial charge in [-0.3, -0.25) is 0 Å². The van der Waals surface area contributed by atoms with Gasteiger partial charge in [0.25, 0.3) is 0 Å². The molecule has 0 bridgehead atoms. The summed E-state index contributed by atoms with van der Waals surface area (Å²) in [6.07, 6.45) is -30.6. The van der Waals surface area contributed by atoms with E-state index < -0.39 is 149 Å². The highest BCUT2D eigenvalue weighted by molar-refractivity contribution is 5.17. The Hall–Kier alpha value is -4.74. The lowest BCUT2D eigenvalue weighted by atomic mass is 9.95. The van der Waals surface area contributed by atoms with Crippen molar-refractivity contribution in [3.63, 3.8) is 0 Å². The summed E-state index contributed by atoms with van der Waals surface area (Å²) in [6, 6.07) is 45.3. The molecule has 0 saturated carbocycles. The van der Waals surface area contributed by atoms with Crippen LogP contribution in [0.1, 0.15) is 27.8 Å². The molecule has 0 spiro atoms. The number of hydrogen-bond acceptors (Lipinski definition) is 21. The van der Waals surface area contributed by atoms with E-state index in [1.165, 1.54) is 0 Å². The standard InChI is InChI=1S/C59H72O21/c60-26-40-50(69-29-35-16-6-1-7-17-35)44(63)46(65)56(75-40)74-34-43-53(72-32-38-22-12-4-13-23-38)55(79-58-47(66)45(64)51(41(27-61)77-58)70-30-36-18-8-2-9-19-36)49(68)59(78-43)80-54-48(67)57(73-33-39-24-14-5-15-25-39)76-42(28-62)52(54)71-31-37-20-10-3-11-21-37/h1-25,40-68H,26-34H2/t40-,41-,42-,43-,44-,45-,46-,47-,48-,49-,50-,51-,52-,53-,54-,55-,56-,57?,58+,59+/m1/s1. The molecule has 5 aromatic rings. The van der Waals surface area contributed by atoms with Crippen LogP contribution in [-0.4, -0.2) is 195 Å². The molecule has 0 aliphatic carbocycles. The molecule has 4 saturated heterocycles. The van der Waals surface area contributed by atoms with Crippen LogP contribution < -0.4 is 0 Å². The second kappa shape index (κ2) is 29.5. The quantitative estimate of drug-likeness (QED) is 0.0399. The Labute approximate surface area is 463 Å². The van der Waals surface area contributed by atoms with Gasteiger partial charge in [-0.25, -0.2) is 0 Å². The van der Waals surface area contributed by atoms with Crippen molar-refractivity contribution in [2.75, 3.05) is 26.4 Å². The van der Waals surface area contributed by atoms with Crippen molar-refractivity contribution < 1.29 is 103 Å². The van der Waals surface area contributed by atoms with Gasteiger partial charge < -0.3 is 103 Å². The molecular weight excluding hydrogens is 1040 g/mol. The highest BCUT2D eigenvalue weighted by Crippen LogP contribution is 2.37. The predicted molar refractivity (Wildman–Crippen MR) is 279 cm³/mol. The topological polar surface area (TPSA) is 293 Å². The Bertz CT molecular complexity index is 2520. The van der Waals surface area contributed by atoms with E-state index in [2.05, 4.69) is 0 Å². The van der Waals surface area contributed by atoms with Crippen LogP contribution in [0.15, 0.2) is 152 Å². The zero-order valence-corrected chi connectivity index (χ0v) is 43.8. The highest BCUT2D eigenvalue weighted by Gasteiger charge is 2.56. The van der Waals surface area contributed by atoms with Crippen LogP contribution in [0.2, 0.25) is 0 Å². The van der Waals surface area contributed by atoms with Gasteiger partial charge in [0, 0.05) is 0 Å². The lowest BCUT2D eigenvalue weighted by molar-refractivity contribution is -0.391. The van der Waals surface area contributed by atoms with Crippen molar-refractivity contribution in [2.45, 2.75) is 156 Å². The molecule has 21 heteroatoms. The van der Waals surface area contributed by atoms with Crippen molar-refractivity contribution in [1.82, 2.24) is 0 Å². The summed E-state index contributed by atoms with van der Waals surface area (Å²) < 4.78 is 75.5. The number of rotatable bonds is 25. The molecule has 0 radical (unpaired) electrons. The average Bonchev–Trinajstić information content (AvgIpc) is 3.55. The molecule has 20 atom stereocenters. The molecular formula is C59H72O21. The first kappa shape index (κ1) is 59.9. The smallest absolute Gasteiger partial charge is 0.187 e. The third kappa shape index (κ3) is 15.1. The minimum Gasteiger partial charge on any atom is -0.394 e. The van der Waals surface area contributed by atoms with E-state index in [4.69, 9.17) is 56.8 Å². The van der Waals surface area contributed by atoms with Gasteiger partial charge in [-0.05, 0) is 27.8 Å². The fraction of sp³-hybridized carbons (Fsp3) is 0.492. The zero-order valence-electron chi connectivity index (χ0n) is 43.8. The van der Waals surface area contributed by atoms with E-state index in [1.54, 1.807) is 48.5 Å². The number of benzene rings is 5. The Morgan fingerprint density at radius 3 is 0.938 bits per heavy atom. The lowest BCUT2D eigenvalue weighted by Crippen LogP contribution is -2.67. The molecule has 4 fully saturated rings. The van der Waals surface area contributed by atoms with Gasteiger partial charge in [-0.15, -0.1) is 0 Å². The third-order valence-electron chi connectivity index (χ3n) is 14.5. The van der Waals surface area contributed by atoms with Crippen LogP contribution in [0, 0.1) is 0 Å². The normalized spacial score (nSPS) is 34.7. The van der Waals surface area contributed by atoms with Crippen LogP contribution in [0.4, 0.5) is 0 Å². The van der Waals surface area contributed by atoms with E-state index in [0.29, 0.717) is 5.56 Å². The lowest BCUT2D eigenvalue weighted by Gasteiger charge is -2.50. The van der Waals surface area contributed by atoms with E-state index in [-0.39, 0.29) is 33.0 Å². The molecule has 434 valence electrons. The second-order valence-electron chi connectivity index (χ2n) is 20.0. The molecule has 0 amide bonds. The summed E-state index contributed by atoms with van der Waals surface area (Å²) in [6.45, 7) is -2.71. The summed E-state index contributed by atoms with van der Waals surface area (Å²) in [7, 11) is 0. The predicted octanol–water partition coefficient (Wildman–Crippen LogP) is 1.37. The van der Waals surface area contributed by atoms with Gasteiger partial charge in [-0.2, -0.15) is 0 Å². The van der Waals surface area contributed by atoms with Crippen LogP contribution in [0.5, 0.6) is 0 Å². The number of hydrogen-bond donors (Lipinski definition) is 9. The summed E-state index contributed by atoms with van der Waals surface area (Å²) in [5.41, 5.74) is 3.66. The fourth-order valence-corrected chi connectivity index (χ4v) is 10.1. The fourth-order valence-electron chi connectivity index (χ4n) is 10.1. The van der Waals surface area contributed by atoms with Crippen LogP contribution in [0.3, 0.4) is 0 Å². The summed E-state index contributed by atoms with van der Waals surface area (Å²) in [5, 5.41) is 103. The minimum atomic E-state index is -1.93. The molecule has 4 heterocycles. The number of aliphatic hydroxyl groups excluding tert-OH is 9. The van der Waals surface area contributed by atoms with Gasteiger partial charge in [0.15, 0.2) is 25.2 Å². The van der Waals surface area contributed by atoms with Crippen LogP contribution in [0.25, 0.3) is 0 Å². The van der Waals surface area contributed by atoms with Gasteiger partial charge in [-0.1, -0.05) is 152 Å². The minimum absolute atomic E-state index is 0.00426. The van der Waals surface area contributed by atoms with Gasteiger partial charge in [0.05, 0.1) is 59.5 Å². The molecule has 21 nitrogen and oxygen atoms in total. The molecule has 9 rings (SSSR count). The molecule has 80 heavy (non-hydrogen) atoms. The third-order valence-corrected chi connectivity index (χ3v) is 14.5. The molecule has 4 aliphatic heterocycles. The molecule has 1 unspecified atom stereocenters. The largest absolute Gasteiger partial charge is 0.394 e. The van der Waals surface area contributed by atoms with Gasteiger partial charge >= 0.3 is 0 Å². The summed E-state index contributed by atoms with van der Waals surface area (Å²) in [5.74, 6) is 0. The van der Waals surface area contributed by atoms with Crippen LogP contribution in [-0.2, 0) is 89.9 Å². The number of aliphatic hydroxyl groups is 9. The van der Waals surface area contributed by atoms with Gasteiger partial charge in [0.2, 0.25) is 0 Å². The van der Waals surface area contributed by atoms with Crippen LogP contribution >= 0.6 is 0 Å². The maximum Gasteiger partial charge on any atom is 0.187 e. The van der Waals surface area contributed by atoms with E-state index in [1.807, 2.05) is 103 Å². The Kier molecular flexibility index (Phi) is 22.1. The monoisotopic (exact) mass is 1120 g/mol. The van der Waals surface area contributed by atoms with Crippen molar-refractivity contribution in [3.8, 4) is 0 Å². The first-order valence-electron chi connectivity index (χ1n) is 26.8.